The summed E-state index contributed by atoms with van der Waals surface area (Å²) in [7, 11) is 0. The van der Waals surface area contributed by atoms with E-state index in [4.69, 9.17) is 22.7 Å². The van der Waals surface area contributed by atoms with Gasteiger partial charge in [0.2, 0.25) is 0 Å². The van der Waals surface area contributed by atoms with Crippen LogP contribution in [0.3, 0.4) is 0 Å². The van der Waals surface area contributed by atoms with Gasteiger partial charge in [-0.25, -0.2) is 0 Å². The molecule has 0 aromatic heterocycles. The molecule has 0 heterocycles. The van der Waals surface area contributed by atoms with Crippen LogP contribution >= 0.6 is 28.1 Å². The van der Waals surface area contributed by atoms with E-state index < -0.39 is 0 Å². The molecular weight excluding hydrogens is 350 g/mol. The molecule has 0 atom stereocenters. The second kappa shape index (κ2) is 7.75. The predicted octanol–water partition coefficient (Wildman–Crippen LogP) is 3.20. The number of nitrogens with two attached hydrogens (primary N) is 1. The highest BCUT2D eigenvalue weighted by Crippen LogP contribution is 2.22. The van der Waals surface area contributed by atoms with Crippen molar-refractivity contribution in [1.82, 2.24) is 5.43 Å². The summed E-state index contributed by atoms with van der Waals surface area (Å²) in [6.45, 7) is 0.492. The molecule has 6 heteroatoms. The third-order valence-corrected chi connectivity index (χ3v) is 3.17. The number of benzene rings is 2. The maximum absolute atomic E-state index is 5.83. The highest BCUT2D eigenvalue weighted by Gasteiger charge is 2.03. The summed E-state index contributed by atoms with van der Waals surface area (Å²) in [5.41, 5.74) is 9.77. The second-order valence-electron chi connectivity index (χ2n) is 4.19. The van der Waals surface area contributed by atoms with Crippen molar-refractivity contribution in [2.45, 2.75) is 6.61 Å². The van der Waals surface area contributed by atoms with Crippen molar-refractivity contribution in [2.75, 3.05) is 0 Å². The molecule has 3 N–H and O–H groups in total. The lowest BCUT2D eigenvalue weighted by Gasteiger charge is -2.09. The molecule has 2 aromatic carbocycles. The van der Waals surface area contributed by atoms with E-state index in [-0.39, 0.29) is 5.11 Å². The number of rotatable bonds is 5. The standard InChI is InChI=1S/C15H14BrN3OS/c16-13-6-7-14(12(8-13)9-18-19-15(17)21)20-10-11-4-2-1-3-5-11/h1-9H,10H2,(H3,17,19,21)/b18-9+. The molecule has 2 aromatic rings. The van der Waals surface area contributed by atoms with Crippen LogP contribution < -0.4 is 15.9 Å². The first-order chi connectivity index (χ1) is 10.1. The summed E-state index contributed by atoms with van der Waals surface area (Å²) >= 11 is 8.12. The van der Waals surface area contributed by atoms with Crippen LogP contribution in [0.4, 0.5) is 0 Å². The van der Waals surface area contributed by atoms with Crippen molar-refractivity contribution in [1.29, 1.82) is 0 Å². The van der Waals surface area contributed by atoms with E-state index in [0.29, 0.717) is 6.61 Å². The molecule has 0 amide bonds. The number of halogens is 1. The van der Waals surface area contributed by atoms with Gasteiger partial charge in [-0.15, -0.1) is 0 Å². The molecule has 0 fully saturated rings. The van der Waals surface area contributed by atoms with E-state index in [9.17, 15) is 0 Å². The van der Waals surface area contributed by atoms with Crippen LogP contribution in [0.5, 0.6) is 5.75 Å². The van der Waals surface area contributed by atoms with Crippen LogP contribution in [0.1, 0.15) is 11.1 Å². The topological polar surface area (TPSA) is 59.6 Å². The van der Waals surface area contributed by atoms with E-state index in [1.165, 1.54) is 0 Å². The summed E-state index contributed by atoms with van der Waals surface area (Å²) in [6, 6.07) is 15.7. The minimum Gasteiger partial charge on any atom is -0.488 e. The van der Waals surface area contributed by atoms with Crippen LogP contribution in [0, 0.1) is 0 Å². The van der Waals surface area contributed by atoms with Gasteiger partial charge in [0.15, 0.2) is 5.11 Å². The molecule has 0 spiro atoms. The smallest absolute Gasteiger partial charge is 0.184 e. The van der Waals surface area contributed by atoms with E-state index in [2.05, 4.69) is 26.5 Å². The first-order valence-electron chi connectivity index (χ1n) is 6.20. The van der Waals surface area contributed by atoms with Crippen molar-refractivity contribution in [3.05, 3.63) is 64.1 Å². The Bertz CT molecular complexity index is 647. The zero-order valence-electron chi connectivity index (χ0n) is 11.1. The molecule has 2 rings (SSSR count). The molecular formula is C15H14BrN3OS. The van der Waals surface area contributed by atoms with Gasteiger partial charge in [-0.3, -0.25) is 5.43 Å². The summed E-state index contributed by atoms with van der Waals surface area (Å²) in [5.74, 6) is 0.732. The van der Waals surface area contributed by atoms with E-state index in [1.807, 2.05) is 48.5 Å². The fraction of sp³-hybridized carbons (Fsp3) is 0.0667. The lowest BCUT2D eigenvalue weighted by Crippen LogP contribution is -2.24. The summed E-state index contributed by atoms with van der Waals surface area (Å²) in [5, 5.41) is 4.07. The van der Waals surface area contributed by atoms with Gasteiger partial charge in [-0.2, -0.15) is 5.10 Å². The van der Waals surface area contributed by atoms with Crippen molar-refractivity contribution in [3.8, 4) is 5.75 Å². The van der Waals surface area contributed by atoms with E-state index >= 15 is 0 Å². The Kier molecular flexibility index (Phi) is 5.71. The zero-order valence-corrected chi connectivity index (χ0v) is 13.5. The zero-order chi connectivity index (χ0) is 15.1. The van der Waals surface area contributed by atoms with Gasteiger partial charge >= 0.3 is 0 Å². The second-order valence-corrected chi connectivity index (χ2v) is 5.55. The summed E-state index contributed by atoms with van der Waals surface area (Å²) < 4.78 is 6.77. The van der Waals surface area contributed by atoms with Crippen LogP contribution in [-0.2, 0) is 6.61 Å². The maximum atomic E-state index is 5.83. The molecule has 0 saturated heterocycles. The molecule has 0 aliphatic rings. The van der Waals surface area contributed by atoms with Gasteiger partial charge in [0, 0.05) is 10.0 Å². The van der Waals surface area contributed by atoms with Crippen LogP contribution in [-0.4, -0.2) is 11.3 Å². The monoisotopic (exact) mass is 363 g/mol. The number of nitrogens with one attached hydrogen (secondary N) is 1. The SMILES string of the molecule is NC(=S)N/N=C/c1cc(Br)ccc1OCc1ccccc1. The van der Waals surface area contributed by atoms with Crippen molar-refractivity contribution < 1.29 is 4.74 Å². The number of nitrogens with zero attached hydrogens (tertiary/aromatic N) is 1. The number of hydrogen-bond acceptors (Lipinski definition) is 3. The maximum Gasteiger partial charge on any atom is 0.184 e. The highest BCUT2D eigenvalue weighted by atomic mass is 79.9. The highest BCUT2D eigenvalue weighted by molar-refractivity contribution is 9.10. The van der Waals surface area contributed by atoms with Crippen molar-refractivity contribution >= 4 is 39.5 Å². The van der Waals surface area contributed by atoms with Gasteiger partial charge in [-0.1, -0.05) is 46.3 Å². The number of ether oxygens (including phenoxy) is 1. The largest absolute Gasteiger partial charge is 0.488 e. The Morgan fingerprint density at radius 1 is 1.29 bits per heavy atom. The molecule has 21 heavy (non-hydrogen) atoms. The average Bonchev–Trinajstić information content (AvgIpc) is 2.47. The molecule has 0 bridgehead atoms. The number of hydrazone groups is 1. The number of hydrogen-bond donors (Lipinski definition) is 2. The summed E-state index contributed by atoms with van der Waals surface area (Å²) in [6.07, 6.45) is 1.62. The Balaban J connectivity index is 2.11. The van der Waals surface area contributed by atoms with Crippen molar-refractivity contribution in [3.63, 3.8) is 0 Å². The lowest BCUT2D eigenvalue weighted by molar-refractivity contribution is 0.306. The van der Waals surface area contributed by atoms with Gasteiger partial charge < -0.3 is 10.5 Å². The fourth-order valence-electron chi connectivity index (χ4n) is 1.65. The van der Waals surface area contributed by atoms with Gasteiger partial charge in [0.25, 0.3) is 0 Å². The first-order valence-corrected chi connectivity index (χ1v) is 7.40. The van der Waals surface area contributed by atoms with E-state index in [0.717, 1.165) is 21.3 Å². The molecule has 0 aliphatic carbocycles. The van der Waals surface area contributed by atoms with Crippen LogP contribution in [0.25, 0.3) is 0 Å². The molecule has 0 radical (unpaired) electrons. The Hall–Kier alpha value is -1.92. The average molecular weight is 364 g/mol. The Morgan fingerprint density at radius 2 is 2.05 bits per heavy atom. The third kappa shape index (κ3) is 5.17. The lowest BCUT2D eigenvalue weighted by atomic mass is 10.2. The normalized spacial score (nSPS) is 10.5. The molecule has 0 unspecified atom stereocenters. The summed E-state index contributed by atoms with van der Waals surface area (Å²) in [4.78, 5) is 0. The molecule has 0 aliphatic heterocycles. The number of thiocarbonyl (C=S) groups is 1. The first kappa shape index (κ1) is 15.5. The van der Waals surface area contributed by atoms with E-state index in [1.54, 1.807) is 6.21 Å². The van der Waals surface area contributed by atoms with Gasteiger partial charge in [-0.05, 0) is 36.0 Å². The molecule has 108 valence electrons. The predicted molar refractivity (Wildman–Crippen MR) is 92.4 cm³/mol. The van der Waals surface area contributed by atoms with Crippen LogP contribution in [0.2, 0.25) is 0 Å². The van der Waals surface area contributed by atoms with Gasteiger partial charge in [0.05, 0.1) is 6.21 Å². The Labute approximate surface area is 137 Å². The molecule has 4 nitrogen and oxygen atoms in total. The van der Waals surface area contributed by atoms with Crippen molar-refractivity contribution in [2.24, 2.45) is 10.8 Å². The van der Waals surface area contributed by atoms with Crippen LogP contribution in [0.15, 0.2) is 58.1 Å². The van der Waals surface area contributed by atoms with Gasteiger partial charge in [0.1, 0.15) is 12.4 Å². The third-order valence-electron chi connectivity index (χ3n) is 2.59. The minimum atomic E-state index is 0.119. The Morgan fingerprint density at radius 3 is 2.76 bits per heavy atom. The quantitative estimate of drug-likeness (QED) is 0.486. The molecule has 0 saturated carbocycles. The fourth-order valence-corrected chi connectivity index (χ4v) is 2.08. The minimum absolute atomic E-state index is 0.119.